The molecule has 1 heterocycles. The van der Waals surface area contributed by atoms with Gasteiger partial charge in [0.2, 0.25) is 5.91 Å². The van der Waals surface area contributed by atoms with Crippen LogP contribution in [0.2, 0.25) is 0 Å². The van der Waals surface area contributed by atoms with Crippen LogP contribution >= 0.6 is 0 Å². The van der Waals surface area contributed by atoms with Crippen LogP contribution in [0.1, 0.15) is 61.7 Å². The van der Waals surface area contributed by atoms with Crippen molar-refractivity contribution < 1.29 is 9.53 Å². The fourth-order valence-electron chi connectivity index (χ4n) is 4.38. The second-order valence-electron chi connectivity index (χ2n) is 9.23. The summed E-state index contributed by atoms with van der Waals surface area (Å²) in [6.07, 6.45) is 1.48. The number of aromatic nitrogens is 2. The molecule has 0 aliphatic rings. The Kier molecular flexibility index (Phi) is 7.86. The van der Waals surface area contributed by atoms with Crippen LogP contribution in [-0.4, -0.2) is 22.1 Å². The highest BCUT2D eigenvalue weighted by Gasteiger charge is 2.19. The fraction of sp³-hybridized carbons (Fsp3) is 0.333. The standard InChI is InChI=1S/C30H35N3O2/c1-5-21(2)24-14-16-26(17-15-24)35-19-18-33-28-13-9-8-12-27(28)32-30(33)23(4)31-29(34)20-25-11-7-6-10-22(25)3/h6-17,21,23H,5,18-20H2,1-4H3,(H,31,34). The van der Waals surface area contributed by atoms with Gasteiger partial charge in [0.15, 0.2) is 0 Å². The van der Waals surface area contributed by atoms with Gasteiger partial charge < -0.3 is 14.6 Å². The molecule has 182 valence electrons. The van der Waals surface area contributed by atoms with Crippen LogP contribution in [0.4, 0.5) is 0 Å². The minimum Gasteiger partial charge on any atom is -0.492 e. The van der Waals surface area contributed by atoms with Crippen molar-refractivity contribution in [3.8, 4) is 5.75 Å². The van der Waals surface area contributed by atoms with Gasteiger partial charge in [-0.3, -0.25) is 4.79 Å². The number of amides is 1. The number of nitrogens with one attached hydrogen (secondary N) is 1. The van der Waals surface area contributed by atoms with E-state index in [-0.39, 0.29) is 11.9 Å². The van der Waals surface area contributed by atoms with Gasteiger partial charge in [-0.05, 0) is 67.1 Å². The lowest BCUT2D eigenvalue weighted by molar-refractivity contribution is -0.121. The Balaban J connectivity index is 1.45. The number of ether oxygens (including phenoxy) is 1. The highest BCUT2D eigenvalue weighted by atomic mass is 16.5. The number of carbonyl (C=O) groups is 1. The minimum absolute atomic E-state index is 0.0111. The fourth-order valence-corrected chi connectivity index (χ4v) is 4.38. The molecule has 1 amide bonds. The second kappa shape index (κ2) is 11.2. The number of hydrogen-bond donors (Lipinski definition) is 1. The van der Waals surface area contributed by atoms with Crippen molar-refractivity contribution in [3.05, 3.63) is 95.3 Å². The Labute approximate surface area is 208 Å². The third kappa shape index (κ3) is 5.91. The number of imidazole rings is 1. The third-order valence-electron chi connectivity index (χ3n) is 6.71. The average Bonchev–Trinajstić information content (AvgIpc) is 3.24. The molecule has 0 saturated carbocycles. The van der Waals surface area contributed by atoms with Crippen molar-refractivity contribution in [2.45, 2.75) is 59.0 Å². The van der Waals surface area contributed by atoms with Crippen molar-refractivity contribution in [1.82, 2.24) is 14.9 Å². The normalized spacial score (nSPS) is 12.9. The Morgan fingerprint density at radius 1 is 1.00 bits per heavy atom. The van der Waals surface area contributed by atoms with Crippen LogP contribution in [0.3, 0.4) is 0 Å². The largest absolute Gasteiger partial charge is 0.492 e. The predicted molar refractivity (Wildman–Crippen MR) is 142 cm³/mol. The molecule has 0 radical (unpaired) electrons. The van der Waals surface area contributed by atoms with E-state index in [4.69, 9.17) is 9.72 Å². The molecular formula is C30H35N3O2. The number of fused-ring (bicyclic) bond motifs is 1. The number of carbonyl (C=O) groups excluding carboxylic acids is 1. The topological polar surface area (TPSA) is 56.1 Å². The molecule has 5 heteroatoms. The maximum atomic E-state index is 12.8. The quantitative estimate of drug-likeness (QED) is 0.294. The molecular weight excluding hydrogens is 434 g/mol. The van der Waals surface area contributed by atoms with Crippen molar-refractivity contribution in [2.24, 2.45) is 0 Å². The molecule has 4 aromatic rings. The molecule has 0 bridgehead atoms. The number of para-hydroxylation sites is 2. The molecule has 0 saturated heterocycles. The van der Waals surface area contributed by atoms with Gasteiger partial charge in [0, 0.05) is 0 Å². The molecule has 1 aromatic heterocycles. The predicted octanol–water partition coefficient (Wildman–Crippen LogP) is 6.36. The molecule has 2 atom stereocenters. The Hall–Kier alpha value is -3.60. The van der Waals surface area contributed by atoms with Crippen LogP contribution in [0.15, 0.2) is 72.8 Å². The van der Waals surface area contributed by atoms with Crippen molar-refractivity contribution in [2.75, 3.05) is 6.61 Å². The van der Waals surface area contributed by atoms with E-state index in [0.29, 0.717) is 25.5 Å². The number of aryl methyl sites for hydroxylation is 1. The van der Waals surface area contributed by atoms with E-state index in [1.807, 2.05) is 68.4 Å². The lowest BCUT2D eigenvalue weighted by atomic mass is 9.99. The SMILES string of the molecule is CCC(C)c1ccc(OCCn2c(C(C)NC(=O)Cc3ccccc3C)nc3ccccc32)cc1. The molecule has 5 nitrogen and oxygen atoms in total. The molecule has 1 N–H and O–H groups in total. The van der Waals surface area contributed by atoms with Crippen molar-refractivity contribution >= 4 is 16.9 Å². The van der Waals surface area contributed by atoms with E-state index < -0.39 is 0 Å². The van der Waals surface area contributed by atoms with Gasteiger partial charge in [0.25, 0.3) is 0 Å². The highest BCUT2D eigenvalue weighted by molar-refractivity contribution is 5.80. The molecule has 4 rings (SSSR count). The van der Waals surface area contributed by atoms with Gasteiger partial charge >= 0.3 is 0 Å². The first-order valence-electron chi connectivity index (χ1n) is 12.5. The smallest absolute Gasteiger partial charge is 0.225 e. The summed E-state index contributed by atoms with van der Waals surface area (Å²) in [4.78, 5) is 17.6. The summed E-state index contributed by atoms with van der Waals surface area (Å²) in [5.74, 6) is 2.23. The summed E-state index contributed by atoms with van der Waals surface area (Å²) < 4.78 is 8.22. The molecule has 0 aliphatic heterocycles. The third-order valence-corrected chi connectivity index (χ3v) is 6.71. The Bertz CT molecular complexity index is 1280. The zero-order chi connectivity index (χ0) is 24.8. The van der Waals surface area contributed by atoms with Crippen LogP contribution in [0.25, 0.3) is 11.0 Å². The maximum absolute atomic E-state index is 12.8. The Morgan fingerprint density at radius 2 is 1.71 bits per heavy atom. The molecule has 3 aromatic carbocycles. The number of benzene rings is 3. The maximum Gasteiger partial charge on any atom is 0.225 e. The van der Waals surface area contributed by atoms with Gasteiger partial charge in [0.05, 0.1) is 30.0 Å². The second-order valence-corrected chi connectivity index (χ2v) is 9.23. The first kappa shape index (κ1) is 24.5. The van der Waals surface area contributed by atoms with E-state index in [1.54, 1.807) is 0 Å². The number of rotatable bonds is 10. The zero-order valence-electron chi connectivity index (χ0n) is 21.1. The lowest BCUT2D eigenvalue weighted by Crippen LogP contribution is -2.30. The van der Waals surface area contributed by atoms with E-state index in [2.05, 4.69) is 41.9 Å². The first-order valence-corrected chi connectivity index (χ1v) is 12.5. The summed E-state index contributed by atoms with van der Waals surface area (Å²) in [7, 11) is 0. The Morgan fingerprint density at radius 3 is 2.46 bits per heavy atom. The van der Waals surface area contributed by atoms with Gasteiger partial charge in [-0.1, -0.05) is 62.4 Å². The zero-order valence-corrected chi connectivity index (χ0v) is 21.1. The molecule has 2 unspecified atom stereocenters. The van der Waals surface area contributed by atoms with Crippen LogP contribution in [0, 0.1) is 6.92 Å². The van der Waals surface area contributed by atoms with Crippen LogP contribution in [-0.2, 0) is 17.8 Å². The van der Waals surface area contributed by atoms with E-state index in [0.717, 1.165) is 40.2 Å². The number of hydrogen-bond acceptors (Lipinski definition) is 3. The monoisotopic (exact) mass is 469 g/mol. The van der Waals surface area contributed by atoms with Gasteiger partial charge in [-0.25, -0.2) is 4.98 Å². The van der Waals surface area contributed by atoms with Gasteiger partial charge in [-0.2, -0.15) is 0 Å². The van der Waals surface area contributed by atoms with E-state index in [9.17, 15) is 4.79 Å². The van der Waals surface area contributed by atoms with Crippen molar-refractivity contribution in [3.63, 3.8) is 0 Å². The van der Waals surface area contributed by atoms with Gasteiger partial charge in [-0.15, -0.1) is 0 Å². The minimum atomic E-state index is -0.228. The molecule has 0 spiro atoms. The van der Waals surface area contributed by atoms with Crippen LogP contribution in [0.5, 0.6) is 5.75 Å². The van der Waals surface area contributed by atoms with E-state index in [1.165, 1.54) is 5.56 Å². The molecule has 0 aliphatic carbocycles. The summed E-state index contributed by atoms with van der Waals surface area (Å²) in [5, 5.41) is 3.14. The summed E-state index contributed by atoms with van der Waals surface area (Å²) in [6, 6.07) is 24.2. The van der Waals surface area contributed by atoms with Gasteiger partial charge in [0.1, 0.15) is 18.2 Å². The molecule has 35 heavy (non-hydrogen) atoms. The first-order chi connectivity index (χ1) is 17.0. The lowest BCUT2D eigenvalue weighted by Gasteiger charge is -2.17. The summed E-state index contributed by atoms with van der Waals surface area (Å²) >= 11 is 0. The average molecular weight is 470 g/mol. The van der Waals surface area contributed by atoms with Crippen LogP contribution < -0.4 is 10.1 Å². The van der Waals surface area contributed by atoms with E-state index >= 15 is 0 Å². The summed E-state index contributed by atoms with van der Waals surface area (Å²) in [6.45, 7) is 9.61. The number of nitrogens with zero attached hydrogens (tertiary/aromatic N) is 2. The summed E-state index contributed by atoms with van der Waals surface area (Å²) in [5.41, 5.74) is 5.45. The van der Waals surface area contributed by atoms with Crippen molar-refractivity contribution in [1.29, 1.82) is 0 Å². The molecule has 0 fully saturated rings. The highest BCUT2D eigenvalue weighted by Crippen LogP contribution is 2.23.